The number of carbonyl (C=O) groups is 1. The largest absolute Gasteiger partial charge is 0.396 e. The van der Waals surface area contributed by atoms with E-state index in [0.29, 0.717) is 0 Å². The SMILES string of the molecule is Nc1ccc(F)c(C(=O)NC2CCCCC2)c1F. The van der Waals surface area contributed by atoms with Crippen LogP contribution in [0.25, 0.3) is 0 Å². The van der Waals surface area contributed by atoms with Crippen molar-refractivity contribution in [2.24, 2.45) is 0 Å². The quantitative estimate of drug-likeness (QED) is 0.797. The zero-order chi connectivity index (χ0) is 13.1. The lowest BCUT2D eigenvalue weighted by Crippen LogP contribution is -2.37. The summed E-state index contributed by atoms with van der Waals surface area (Å²) in [7, 11) is 0. The highest BCUT2D eigenvalue weighted by Crippen LogP contribution is 2.21. The molecule has 1 aliphatic rings. The van der Waals surface area contributed by atoms with Crippen LogP contribution in [0.3, 0.4) is 0 Å². The first-order valence-corrected chi connectivity index (χ1v) is 6.14. The van der Waals surface area contributed by atoms with Gasteiger partial charge in [0.2, 0.25) is 0 Å². The summed E-state index contributed by atoms with van der Waals surface area (Å²) in [5.41, 5.74) is 4.54. The number of amides is 1. The van der Waals surface area contributed by atoms with Gasteiger partial charge in [0.15, 0.2) is 5.82 Å². The zero-order valence-corrected chi connectivity index (χ0v) is 10.0. The van der Waals surface area contributed by atoms with E-state index in [9.17, 15) is 13.6 Å². The second kappa shape index (κ2) is 5.33. The first-order chi connectivity index (χ1) is 8.59. The molecule has 3 nitrogen and oxygen atoms in total. The fourth-order valence-electron chi connectivity index (χ4n) is 2.28. The molecule has 1 amide bonds. The first-order valence-electron chi connectivity index (χ1n) is 6.14. The highest BCUT2D eigenvalue weighted by Gasteiger charge is 2.23. The summed E-state index contributed by atoms with van der Waals surface area (Å²) in [4.78, 5) is 11.9. The van der Waals surface area contributed by atoms with Gasteiger partial charge in [-0.2, -0.15) is 0 Å². The lowest BCUT2D eigenvalue weighted by Gasteiger charge is -2.23. The number of hydrogen-bond acceptors (Lipinski definition) is 2. The van der Waals surface area contributed by atoms with Crippen molar-refractivity contribution in [1.29, 1.82) is 0 Å². The molecule has 0 aliphatic heterocycles. The van der Waals surface area contributed by atoms with Gasteiger partial charge < -0.3 is 11.1 Å². The average molecular weight is 254 g/mol. The van der Waals surface area contributed by atoms with E-state index in [2.05, 4.69) is 5.32 Å². The second-order valence-corrected chi connectivity index (χ2v) is 4.63. The predicted octanol–water partition coefficient (Wildman–Crippen LogP) is 2.61. The van der Waals surface area contributed by atoms with Gasteiger partial charge >= 0.3 is 0 Å². The number of halogens is 2. The molecule has 0 bridgehead atoms. The maximum Gasteiger partial charge on any atom is 0.257 e. The molecule has 3 N–H and O–H groups in total. The standard InChI is InChI=1S/C13H16F2N2O/c14-9-6-7-10(16)12(15)11(9)13(18)17-8-4-2-1-3-5-8/h6-8H,1-5,16H2,(H,17,18). The number of nitrogen functional groups attached to an aromatic ring is 1. The van der Waals surface area contributed by atoms with E-state index < -0.39 is 23.1 Å². The Labute approximate surface area is 104 Å². The highest BCUT2D eigenvalue weighted by molar-refractivity contribution is 5.95. The molecule has 1 saturated carbocycles. The highest BCUT2D eigenvalue weighted by atomic mass is 19.1. The molecule has 0 unspecified atom stereocenters. The van der Waals surface area contributed by atoms with Gasteiger partial charge in [-0.1, -0.05) is 19.3 Å². The minimum atomic E-state index is -0.983. The van der Waals surface area contributed by atoms with E-state index >= 15 is 0 Å². The minimum absolute atomic E-state index is 0.00600. The molecule has 0 spiro atoms. The molecule has 0 heterocycles. The van der Waals surface area contributed by atoms with Gasteiger partial charge in [0.1, 0.15) is 11.4 Å². The van der Waals surface area contributed by atoms with Gasteiger partial charge in [-0.3, -0.25) is 4.79 Å². The van der Waals surface area contributed by atoms with Crippen molar-refractivity contribution in [3.63, 3.8) is 0 Å². The molecule has 18 heavy (non-hydrogen) atoms. The Bertz CT molecular complexity index is 457. The van der Waals surface area contributed by atoms with Crippen LogP contribution in [0.4, 0.5) is 14.5 Å². The molecule has 98 valence electrons. The number of carbonyl (C=O) groups excluding carboxylic acids is 1. The molecule has 0 atom stereocenters. The number of rotatable bonds is 2. The van der Waals surface area contributed by atoms with Crippen LogP contribution in [-0.2, 0) is 0 Å². The van der Waals surface area contributed by atoms with Crippen molar-refractivity contribution in [2.45, 2.75) is 38.1 Å². The van der Waals surface area contributed by atoms with Crippen molar-refractivity contribution in [3.8, 4) is 0 Å². The van der Waals surface area contributed by atoms with E-state index in [4.69, 9.17) is 5.73 Å². The van der Waals surface area contributed by atoms with Crippen molar-refractivity contribution in [3.05, 3.63) is 29.3 Å². The van der Waals surface area contributed by atoms with Gasteiger partial charge in [-0.25, -0.2) is 8.78 Å². The van der Waals surface area contributed by atoms with E-state index in [0.717, 1.165) is 44.2 Å². The predicted molar refractivity (Wildman–Crippen MR) is 65.1 cm³/mol. The van der Waals surface area contributed by atoms with Crippen LogP contribution in [0.15, 0.2) is 12.1 Å². The summed E-state index contributed by atoms with van der Waals surface area (Å²) in [6, 6.07) is 2.13. The van der Waals surface area contributed by atoms with Crippen molar-refractivity contribution in [2.75, 3.05) is 5.73 Å². The Hall–Kier alpha value is -1.65. The Balaban J connectivity index is 2.15. The third-order valence-corrected chi connectivity index (χ3v) is 3.29. The summed E-state index contributed by atoms with van der Waals surface area (Å²) < 4.78 is 27.1. The molecule has 1 aromatic carbocycles. The van der Waals surface area contributed by atoms with Gasteiger partial charge in [-0.15, -0.1) is 0 Å². The van der Waals surface area contributed by atoms with E-state index in [1.54, 1.807) is 0 Å². The monoisotopic (exact) mass is 254 g/mol. The van der Waals surface area contributed by atoms with Crippen molar-refractivity contribution < 1.29 is 13.6 Å². The van der Waals surface area contributed by atoms with Gasteiger partial charge in [0.25, 0.3) is 5.91 Å². The molecule has 0 radical (unpaired) electrons. The second-order valence-electron chi connectivity index (χ2n) is 4.63. The Morgan fingerprint density at radius 2 is 1.89 bits per heavy atom. The molecule has 1 fully saturated rings. The number of hydrogen-bond donors (Lipinski definition) is 2. The van der Waals surface area contributed by atoms with E-state index in [1.807, 2.05) is 0 Å². The molecule has 0 aromatic heterocycles. The van der Waals surface area contributed by atoms with Crippen LogP contribution in [-0.4, -0.2) is 11.9 Å². The van der Waals surface area contributed by atoms with Crippen LogP contribution in [0.1, 0.15) is 42.5 Å². The normalized spacial score (nSPS) is 16.6. The molecule has 1 aromatic rings. The maximum absolute atomic E-state index is 13.6. The van der Waals surface area contributed by atoms with E-state index in [-0.39, 0.29) is 11.7 Å². The van der Waals surface area contributed by atoms with Gasteiger partial charge in [-0.05, 0) is 25.0 Å². The van der Waals surface area contributed by atoms with Crippen LogP contribution >= 0.6 is 0 Å². The number of nitrogens with one attached hydrogen (secondary N) is 1. The molecule has 1 aliphatic carbocycles. The van der Waals surface area contributed by atoms with Gasteiger partial charge in [0, 0.05) is 6.04 Å². The van der Waals surface area contributed by atoms with Crippen LogP contribution in [0.5, 0.6) is 0 Å². The van der Waals surface area contributed by atoms with E-state index in [1.165, 1.54) is 0 Å². The fourth-order valence-corrected chi connectivity index (χ4v) is 2.28. The Kier molecular flexibility index (Phi) is 3.79. The lowest BCUT2D eigenvalue weighted by atomic mass is 9.95. The van der Waals surface area contributed by atoms with Crippen LogP contribution in [0, 0.1) is 11.6 Å². The summed E-state index contributed by atoms with van der Waals surface area (Å²) in [6.45, 7) is 0. The third-order valence-electron chi connectivity index (χ3n) is 3.29. The number of nitrogens with two attached hydrogens (primary N) is 1. The topological polar surface area (TPSA) is 55.1 Å². The smallest absolute Gasteiger partial charge is 0.257 e. The first kappa shape index (κ1) is 12.8. The Morgan fingerprint density at radius 1 is 1.22 bits per heavy atom. The molecular weight excluding hydrogens is 238 g/mol. The minimum Gasteiger partial charge on any atom is -0.396 e. The van der Waals surface area contributed by atoms with Crippen molar-refractivity contribution in [1.82, 2.24) is 5.32 Å². The van der Waals surface area contributed by atoms with Gasteiger partial charge in [0.05, 0.1) is 5.69 Å². The molecule has 0 saturated heterocycles. The van der Waals surface area contributed by atoms with Crippen molar-refractivity contribution >= 4 is 11.6 Å². The molecular formula is C13H16F2N2O. The summed E-state index contributed by atoms with van der Waals surface area (Å²) in [5, 5.41) is 2.67. The lowest BCUT2D eigenvalue weighted by molar-refractivity contribution is 0.0919. The summed E-state index contributed by atoms with van der Waals surface area (Å²) in [6.07, 6.45) is 4.93. The average Bonchev–Trinajstić information content (AvgIpc) is 2.36. The summed E-state index contributed by atoms with van der Waals surface area (Å²) in [5.74, 6) is -2.58. The van der Waals surface area contributed by atoms with Crippen LogP contribution in [0.2, 0.25) is 0 Å². The summed E-state index contributed by atoms with van der Waals surface area (Å²) >= 11 is 0. The molecule has 5 heteroatoms. The molecule has 2 rings (SSSR count). The maximum atomic E-state index is 13.6. The van der Waals surface area contributed by atoms with Crippen LogP contribution < -0.4 is 11.1 Å². The number of benzene rings is 1. The number of anilines is 1. The Morgan fingerprint density at radius 3 is 2.56 bits per heavy atom. The fraction of sp³-hybridized carbons (Fsp3) is 0.462. The zero-order valence-electron chi connectivity index (χ0n) is 10.0. The third kappa shape index (κ3) is 2.60.